The van der Waals surface area contributed by atoms with Crippen molar-refractivity contribution in [2.75, 3.05) is 23.3 Å². The van der Waals surface area contributed by atoms with E-state index in [4.69, 9.17) is 16.6 Å². The lowest BCUT2D eigenvalue weighted by molar-refractivity contribution is 0.141. The second-order valence-corrected chi connectivity index (χ2v) is 8.12. The van der Waals surface area contributed by atoms with Gasteiger partial charge in [0, 0.05) is 18.8 Å². The van der Waals surface area contributed by atoms with E-state index in [9.17, 15) is 5.11 Å². The Morgan fingerprint density at radius 3 is 2.83 bits per heavy atom. The molecule has 0 aromatic carbocycles. The van der Waals surface area contributed by atoms with Crippen LogP contribution in [0.2, 0.25) is 5.02 Å². The smallest absolute Gasteiger partial charge is 0.231 e. The van der Waals surface area contributed by atoms with Gasteiger partial charge in [-0.1, -0.05) is 23.7 Å². The Balaban J connectivity index is 1.55. The van der Waals surface area contributed by atoms with Crippen molar-refractivity contribution in [3.63, 3.8) is 0 Å². The number of nitrogens with zero attached hydrogens (tertiary/aromatic N) is 7. The number of aryl methyl sites for hydroxylation is 1. The van der Waals surface area contributed by atoms with Crippen LogP contribution in [-0.2, 0) is 6.42 Å². The quantitative estimate of drug-likeness (QED) is 0.444. The number of halogens is 1. The fourth-order valence-corrected chi connectivity index (χ4v) is 3.98. The summed E-state index contributed by atoms with van der Waals surface area (Å²) in [5, 5.41) is 22.7. The molecular weight excluding hydrogens is 406 g/mol. The summed E-state index contributed by atoms with van der Waals surface area (Å²) >= 11 is 6.58. The molecule has 1 saturated heterocycles. The van der Waals surface area contributed by atoms with E-state index >= 15 is 0 Å². The highest BCUT2D eigenvalue weighted by atomic mass is 35.5. The first-order chi connectivity index (χ1) is 14.4. The van der Waals surface area contributed by atoms with Gasteiger partial charge in [0.2, 0.25) is 5.95 Å². The topological polar surface area (TPSA) is 121 Å². The van der Waals surface area contributed by atoms with Crippen molar-refractivity contribution < 1.29 is 5.11 Å². The zero-order valence-corrected chi connectivity index (χ0v) is 17.6. The van der Waals surface area contributed by atoms with Crippen molar-refractivity contribution in [1.82, 2.24) is 34.9 Å². The Kier molecular flexibility index (Phi) is 4.48. The lowest BCUT2D eigenvalue weighted by Gasteiger charge is -2.37. The summed E-state index contributed by atoms with van der Waals surface area (Å²) in [5.41, 5.74) is 3.70. The summed E-state index contributed by atoms with van der Waals surface area (Å²) in [7, 11) is 0. The van der Waals surface area contributed by atoms with E-state index in [2.05, 4.69) is 30.6 Å². The first-order valence-corrected chi connectivity index (χ1v) is 10.3. The first-order valence-electron chi connectivity index (χ1n) is 9.93. The number of H-pyrrole nitrogens is 1. The fourth-order valence-electron chi connectivity index (χ4n) is 3.63. The number of hydrogen-bond donors (Lipinski definition) is 3. The monoisotopic (exact) mass is 427 g/mol. The molecule has 0 bridgehead atoms. The molecule has 4 aromatic rings. The lowest BCUT2D eigenvalue weighted by Crippen LogP contribution is -2.51. The minimum absolute atomic E-state index is 0.173. The minimum atomic E-state index is -0.357. The highest BCUT2D eigenvalue weighted by molar-refractivity contribution is 6.37. The van der Waals surface area contributed by atoms with Crippen LogP contribution in [0, 0.1) is 0 Å². The Morgan fingerprint density at radius 2 is 2.13 bits per heavy atom. The van der Waals surface area contributed by atoms with E-state index in [1.807, 2.05) is 31.7 Å². The molecule has 0 unspecified atom stereocenters. The van der Waals surface area contributed by atoms with Gasteiger partial charge in [-0.3, -0.25) is 0 Å². The van der Waals surface area contributed by atoms with Crippen LogP contribution in [-0.4, -0.2) is 59.2 Å². The molecule has 4 aromatic heterocycles. The van der Waals surface area contributed by atoms with Crippen molar-refractivity contribution in [3.8, 4) is 0 Å². The molecule has 5 rings (SSSR count). The van der Waals surface area contributed by atoms with Gasteiger partial charge in [0.15, 0.2) is 5.65 Å². The van der Waals surface area contributed by atoms with E-state index < -0.39 is 0 Å². The van der Waals surface area contributed by atoms with Crippen LogP contribution in [0.25, 0.3) is 22.2 Å². The molecule has 1 aliphatic rings. The summed E-state index contributed by atoms with van der Waals surface area (Å²) in [4.78, 5) is 19.1. The van der Waals surface area contributed by atoms with Crippen LogP contribution in [0.4, 0.5) is 17.5 Å². The van der Waals surface area contributed by atoms with Gasteiger partial charge in [0.05, 0.1) is 34.4 Å². The molecule has 0 radical (unpaired) electrons. The molecule has 0 spiro atoms. The fraction of sp³-hybridized carbons (Fsp3) is 0.421. The summed E-state index contributed by atoms with van der Waals surface area (Å²) < 4.78 is 1.78. The Labute approximate surface area is 177 Å². The Morgan fingerprint density at radius 1 is 1.33 bits per heavy atom. The SMILES string of the molecule is CCc1[nH]c2nc(Nc3cnc4c(c3)nnn4C(C)C)nc(N3CC(O)C3)c2c1Cl. The number of aliphatic hydroxyl groups is 1. The third-order valence-electron chi connectivity index (χ3n) is 5.22. The summed E-state index contributed by atoms with van der Waals surface area (Å²) in [6.07, 6.45) is 2.11. The van der Waals surface area contributed by atoms with Crippen LogP contribution in [0.5, 0.6) is 0 Å². The summed E-state index contributed by atoms with van der Waals surface area (Å²) in [6.45, 7) is 7.12. The second-order valence-electron chi connectivity index (χ2n) is 7.74. The zero-order valence-electron chi connectivity index (χ0n) is 16.9. The molecule has 156 valence electrons. The number of aromatic amines is 1. The summed E-state index contributed by atoms with van der Waals surface area (Å²) in [5.74, 6) is 1.12. The van der Waals surface area contributed by atoms with Gasteiger partial charge in [-0.2, -0.15) is 9.97 Å². The Hall–Kier alpha value is -2.98. The van der Waals surface area contributed by atoms with E-state index in [-0.39, 0.29) is 12.1 Å². The van der Waals surface area contributed by atoms with Gasteiger partial charge in [-0.15, -0.1) is 5.10 Å². The minimum Gasteiger partial charge on any atom is -0.389 e. The molecule has 1 fully saturated rings. The predicted octanol–water partition coefficient (Wildman–Crippen LogP) is 2.82. The summed E-state index contributed by atoms with van der Waals surface area (Å²) in [6, 6.07) is 2.04. The molecule has 3 N–H and O–H groups in total. The van der Waals surface area contributed by atoms with Crippen LogP contribution in [0.3, 0.4) is 0 Å². The van der Waals surface area contributed by atoms with Gasteiger partial charge < -0.3 is 20.3 Å². The highest BCUT2D eigenvalue weighted by Gasteiger charge is 2.29. The van der Waals surface area contributed by atoms with E-state index in [0.29, 0.717) is 46.7 Å². The average Bonchev–Trinajstić information content (AvgIpc) is 3.25. The second kappa shape index (κ2) is 7.06. The van der Waals surface area contributed by atoms with Crippen LogP contribution < -0.4 is 10.2 Å². The molecule has 5 heterocycles. The number of rotatable bonds is 5. The molecule has 0 saturated carbocycles. The van der Waals surface area contributed by atoms with E-state index in [1.165, 1.54) is 0 Å². The van der Waals surface area contributed by atoms with Crippen molar-refractivity contribution in [2.45, 2.75) is 39.3 Å². The number of β-amino-alcohol motifs (C(OH)–C–C–N with tert-alkyl or cyclic N) is 1. The maximum atomic E-state index is 9.75. The van der Waals surface area contributed by atoms with Crippen LogP contribution >= 0.6 is 11.6 Å². The molecule has 10 nitrogen and oxygen atoms in total. The number of hydrogen-bond acceptors (Lipinski definition) is 8. The third-order valence-corrected chi connectivity index (χ3v) is 5.63. The normalized spacial score (nSPS) is 14.8. The van der Waals surface area contributed by atoms with Gasteiger partial charge in [-0.05, 0) is 26.3 Å². The van der Waals surface area contributed by atoms with Crippen molar-refractivity contribution in [3.05, 3.63) is 23.0 Å². The van der Waals surface area contributed by atoms with Gasteiger partial charge in [-0.25, -0.2) is 9.67 Å². The Bertz CT molecular complexity index is 1240. The largest absolute Gasteiger partial charge is 0.389 e. The van der Waals surface area contributed by atoms with E-state index in [0.717, 1.165) is 23.1 Å². The lowest BCUT2D eigenvalue weighted by atomic mass is 10.1. The molecule has 0 atom stereocenters. The van der Waals surface area contributed by atoms with Crippen molar-refractivity contribution in [1.29, 1.82) is 0 Å². The average molecular weight is 428 g/mol. The number of nitrogens with one attached hydrogen (secondary N) is 2. The van der Waals surface area contributed by atoms with Crippen molar-refractivity contribution >= 4 is 51.3 Å². The van der Waals surface area contributed by atoms with E-state index in [1.54, 1.807) is 10.9 Å². The molecular formula is C19H22ClN9O. The van der Waals surface area contributed by atoms with Gasteiger partial charge in [0.25, 0.3) is 0 Å². The maximum Gasteiger partial charge on any atom is 0.231 e. The number of aromatic nitrogens is 7. The highest BCUT2D eigenvalue weighted by Crippen LogP contribution is 2.36. The molecule has 1 aliphatic heterocycles. The molecule has 30 heavy (non-hydrogen) atoms. The number of anilines is 3. The van der Waals surface area contributed by atoms with Gasteiger partial charge >= 0.3 is 0 Å². The number of pyridine rings is 1. The standard InChI is InChI=1S/C19H22ClN9O/c1-4-12-15(20)14-16(23-12)24-19(25-18(14)28-7-11(30)8-28)22-10-5-13-17(21-6-10)29(9(2)3)27-26-13/h5-6,9,11,30H,4,7-8H2,1-3H3,(H2,22,23,24,25). The van der Waals surface area contributed by atoms with Gasteiger partial charge in [0.1, 0.15) is 17.0 Å². The number of fused-ring (bicyclic) bond motifs is 2. The van der Waals surface area contributed by atoms with Crippen molar-refractivity contribution in [2.24, 2.45) is 0 Å². The molecule has 11 heteroatoms. The number of aliphatic hydroxyl groups excluding tert-OH is 1. The van der Waals surface area contributed by atoms with Crippen LogP contribution in [0.15, 0.2) is 12.3 Å². The third kappa shape index (κ3) is 3.03. The first kappa shape index (κ1) is 19.0. The zero-order chi connectivity index (χ0) is 21.0. The van der Waals surface area contributed by atoms with Crippen LogP contribution in [0.1, 0.15) is 32.5 Å². The predicted molar refractivity (Wildman–Crippen MR) is 115 cm³/mol. The maximum absolute atomic E-state index is 9.75. The molecule has 0 amide bonds. The molecule has 0 aliphatic carbocycles.